The molecule has 1 atom stereocenters. The normalized spacial score (nSPS) is 15.5. The van der Waals surface area contributed by atoms with Crippen LogP contribution in [0.1, 0.15) is 17.7 Å². The molecule has 0 bridgehead atoms. The highest BCUT2D eigenvalue weighted by Gasteiger charge is 2.43. The van der Waals surface area contributed by atoms with E-state index in [0.29, 0.717) is 28.9 Å². The van der Waals surface area contributed by atoms with Crippen molar-refractivity contribution < 1.29 is 18.7 Å². The molecule has 4 rings (SSSR count). The van der Waals surface area contributed by atoms with Crippen LogP contribution in [0, 0.1) is 0 Å². The van der Waals surface area contributed by atoms with Crippen LogP contribution >= 0.6 is 12.2 Å². The fourth-order valence-electron chi connectivity index (χ4n) is 3.82. The summed E-state index contributed by atoms with van der Waals surface area (Å²) in [6.07, 6.45) is 2.39. The van der Waals surface area contributed by atoms with Gasteiger partial charge < -0.3 is 19.4 Å². The summed E-state index contributed by atoms with van der Waals surface area (Å²) in [4.78, 5) is 29.1. The van der Waals surface area contributed by atoms with E-state index in [1.165, 1.54) is 10.5 Å². The smallest absolute Gasteiger partial charge is 0.257 e. The molecule has 0 spiro atoms. The molecule has 0 saturated carbocycles. The molecule has 8 heteroatoms. The van der Waals surface area contributed by atoms with Crippen molar-refractivity contribution >= 4 is 34.8 Å². The highest BCUT2D eigenvalue weighted by molar-refractivity contribution is 7.80. The van der Waals surface area contributed by atoms with Crippen LogP contribution in [0.5, 0.6) is 5.75 Å². The van der Waals surface area contributed by atoms with Crippen molar-refractivity contribution in [1.29, 1.82) is 0 Å². The van der Waals surface area contributed by atoms with E-state index < -0.39 is 6.04 Å². The molecule has 1 aliphatic heterocycles. The van der Waals surface area contributed by atoms with Gasteiger partial charge in [-0.15, -0.1) is 0 Å². The van der Waals surface area contributed by atoms with Crippen LogP contribution in [0.15, 0.2) is 77.4 Å². The number of benzene rings is 2. The summed E-state index contributed by atoms with van der Waals surface area (Å²) < 4.78 is 10.7. The monoisotopic (exact) mass is 463 g/mol. The molecule has 1 fully saturated rings. The zero-order chi connectivity index (χ0) is 23.2. The van der Waals surface area contributed by atoms with Gasteiger partial charge in [0.2, 0.25) is 5.91 Å². The summed E-state index contributed by atoms with van der Waals surface area (Å²) in [6, 6.07) is 19.8. The number of hydrogen-bond donors (Lipinski definition) is 1. The average molecular weight is 464 g/mol. The van der Waals surface area contributed by atoms with Crippen molar-refractivity contribution in [1.82, 2.24) is 10.2 Å². The second kappa shape index (κ2) is 10.3. The van der Waals surface area contributed by atoms with Crippen LogP contribution in [-0.4, -0.2) is 41.5 Å². The van der Waals surface area contributed by atoms with Crippen molar-refractivity contribution in [2.75, 3.05) is 18.6 Å². The maximum absolute atomic E-state index is 13.4. The number of ether oxygens (including phenoxy) is 1. The topological polar surface area (TPSA) is 75.0 Å². The number of thiocarbonyl (C=S) groups is 1. The van der Waals surface area contributed by atoms with E-state index in [2.05, 4.69) is 17.4 Å². The number of furan rings is 1. The van der Waals surface area contributed by atoms with E-state index in [9.17, 15) is 9.59 Å². The van der Waals surface area contributed by atoms with E-state index in [1.54, 1.807) is 48.6 Å². The summed E-state index contributed by atoms with van der Waals surface area (Å²) in [5.74, 6) is 0.721. The summed E-state index contributed by atoms with van der Waals surface area (Å²) in [6.45, 7) is 0.888. The highest BCUT2D eigenvalue weighted by atomic mass is 32.1. The Balaban J connectivity index is 1.50. The zero-order valence-electron chi connectivity index (χ0n) is 18.3. The number of methoxy groups -OCH3 is 1. The van der Waals surface area contributed by atoms with Crippen molar-refractivity contribution in [3.63, 3.8) is 0 Å². The SMILES string of the molecule is COc1ccc(N2C(=O)C[C@H](N(Cc3ccco3)C(=S)NCCc3ccccc3)C2=O)cc1. The minimum Gasteiger partial charge on any atom is -0.497 e. The van der Waals surface area contributed by atoms with Gasteiger partial charge in [0.1, 0.15) is 17.6 Å². The lowest BCUT2D eigenvalue weighted by atomic mass is 10.1. The van der Waals surface area contributed by atoms with Crippen molar-refractivity contribution in [3.05, 3.63) is 84.3 Å². The van der Waals surface area contributed by atoms with Crippen LogP contribution in [0.3, 0.4) is 0 Å². The summed E-state index contributed by atoms with van der Waals surface area (Å²) in [5.41, 5.74) is 1.69. The lowest BCUT2D eigenvalue weighted by Crippen LogP contribution is -2.49. The van der Waals surface area contributed by atoms with Gasteiger partial charge in [-0.1, -0.05) is 30.3 Å². The Morgan fingerprint density at radius 2 is 1.88 bits per heavy atom. The van der Waals surface area contributed by atoms with Crippen molar-refractivity contribution in [2.24, 2.45) is 0 Å². The third-order valence-electron chi connectivity index (χ3n) is 5.53. The standard InChI is InChI=1S/C25H25N3O4S/c1-31-20-11-9-19(10-12-20)28-23(29)16-22(24(28)30)27(17-21-8-5-15-32-21)25(33)26-14-13-18-6-3-2-4-7-18/h2-12,15,22H,13-14,16-17H2,1H3,(H,26,33)/t22-/m0/s1. The van der Waals surface area contributed by atoms with E-state index in [0.717, 1.165) is 6.42 Å². The van der Waals surface area contributed by atoms with Gasteiger partial charge in [0, 0.05) is 6.54 Å². The third kappa shape index (κ3) is 5.23. The van der Waals surface area contributed by atoms with Gasteiger partial charge in [-0.25, -0.2) is 4.90 Å². The summed E-state index contributed by atoms with van der Waals surface area (Å²) in [5, 5.41) is 3.65. The van der Waals surface area contributed by atoms with Crippen LogP contribution in [0.2, 0.25) is 0 Å². The molecule has 1 aromatic heterocycles. The first-order valence-electron chi connectivity index (χ1n) is 10.7. The van der Waals surface area contributed by atoms with Gasteiger partial charge in [0.05, 0.1) is 32.0 Å². The molecule has 0 aliphatic carbocycles. The van der Waals surface area contributed by atoms with Crippen LogP contribution in [0.25, 0.3) is 0 Å². The molecule has 1 saturated heterocycles. The largest absolute Gasteiger partial charge is 0.497 e. The first kappa shape index (κ1) is 22.5. The number of carbonyl (C=O) groups is 2. The predicted octanol–water partition coefficient (Wildman–Crippen LogP) is 3.54. The van der Waals surface area contributed by atoms with Crippen LogP contribution < -0.4 is 15.0 Å². The number of hydrogen-bond acceptors (Lipinski definition) is 5. The third-order valence-corrected chi connectivity index (χ3v) is 5.91. The molecule has 2 amide bonds. The molecule has 2 aromatic carbocycles. The molecule has 7 nitrogen and oxygen atoms in total. The van der Waals surface area contributed by atoms with E-state index in [4.69, 9.17) is 21.4 Å². The van der Waals surface area contributed by atoms with Crippen LogP contribution in [-0.2, 0) is 22.6 Å². The van der Waals surface area contributed by atoms with Crippen molar-refractivity contribution in [3.8, 4) is 5.75 Å². The van der Waals surface area contributed by atoms with Gasteiger partial charge in [0.15, 0.2) is 5.11 Å². The van der Waals surface area contributed by atoms with Gasteiger partial charge >= 0.3 is 0 Å². The molecule has 3 aromatic rings. The Bertz CT molecular complexity index is 1100. The first-order valence-corrected chi connectivity index (χ1v) is 11.1. The highest BCUT2D eigenvalue weighted by Crippen LogP contribution is 2.28. The van der Waals surface area contributed by atoms with Crippen LogP contribution in [0.4, 0.5) is 5.69 Å². The van der Waals surface area contributed by atoms with E-state index in [-0.39, 0.29) is 24.8 Å². The first-order chi connectivity index (χ1) is 16.1. The zero-order valence-corrected chi connectivity index (χ0v) is 19.1. The fraction of sp³-hybridized carbons (Fsp3) is 0.240. The maximum atomic E-state index is 13.4. The molecule has 1 N–H and O–H groups in total. The van der Waals surface area contributed by atoms with Gasteiger partial charge in [-0.2, -0.15) is 0 Å². The number of carbonyl (C=O) groups excluding carboxylic acids is 2. The van der Waals surface area contributed by atoms with Gasteiger partial charge in [0.25, 0.3) is 5.91 Å². The summed E-state index contributed by atoms with van der Waals surface area (Å²) in [7, 11) is 1.56. The Morgan fingerprint density at radius 1 is 1.12 bits per heavy atom. The van der Waals surface area contributed by atoms with E-state index in [1.807, 2.05) is 24.3 Å². The molecule has 33 heavy (non-hydrogen) atoms. The molecular formula is C25H25N3O4S. The predicted molar refractivity (Wildman–Crippen MR) is 129 cm³/mol. The number of rotatable bonds is 8. The maximum Gasteiger partial charge on any atom is 0.257 e. The lowest BCUT2D eigenvalue weighted by molar-refractivity contribution is -0.122. The average Bonchev–Trinajstić information content (AvgIpc) is 3.45. The summed E-state index contributed by atoms with van der Waals surface area (Å²) >= 11 is 5.65. The lowest BCUT2D eigenvalue weighted by Gasteiger charge is -2.29. The Hall–Kier alpha value is -3.65. The quantitative estimate of drug-likeness (QED) is 0.405. The number of nitrogens with one attached hydrogen (secondary N) is 1. The molecule has 0 radical (unpaired) electrons. The minimum atomic E-state index is -0.721. The number of amides is 2. The van der Waals surface area contributed by atoms with E-state index >= 15 is 0 Å². The molecule has 0 unspecified atom stereocenters. The fourth-order valence-corrected chi connectivity index (χ4v) is 4.11. The second-order valence-electron chi connectivity index (χ2n) is 7.66. The molecule has 170 valence electrons. The molecule has 2 heterocycles. The van der Waals surface area contributed by atoms with Crippen molar-refractivity contribution in [2.45, 2.75) is 25.4 Å². The number of anilines is 1. The minimum absolute atomic E-state index is 0.0338. The Morgan fingerprint density at radius 3 is 2.55 bits per heavy atom. The molecule has 1 aliphatic rings. The Kier molecular flexibility index (Phi) is 7.04. The Labute approximate surface area is 197 Å². The van der Waals surface area contributed by atoms with Gasteiger partial charge in [-0.05, 0) is 60.6 Å². The molecular weight excluding hydrogens is 438 g/mol. The second-order valence-corrected chi connectivity index (χ2v) is 8.05. The number of nitrogens with zero attached hydrogens (tertiary/aromatic N) is 2. The van der Waals surface area contributed by atoms with Gasteiger partial charge in [-0.3, -0.25) is 9.59 Å². The number of imide groups is 1.